The number of hydrogen-bond donors (Lipinski definition) is 3. The molecule has 0 aliphatic heterocycles. The highest BCUT2D eigenvalue weighted by molar-refractivity contribution is 9.10. The second kappa shape index (κ2) is 6.91. The Hall–Kier alpha value is -1.60. The largest absolute Gasteiger partial charge is 0.384 e. The lowest BCUT2D eigenvalue weighted by Crippen LogP contribution is -2.13. The molecule has 1 aromatic heterocycles. The molecule has 0 unspecified atom stereocenters. The molecule has 0 radical (unpaired) electrons. The minimum atomic E-state index is -0.171. The number of amidine groups is 1. The first-order valence-electron chi connectivity index (χ1n) is 6.41. The summed E-state index contributed by atoms with van der Waals surface area (Å²) in [4.78, 5) is 19.6. The molecule has 1 heterocycles. The number of benzene rings is 1. The zero-order valence-corrected chi connectivity index (χ0v) is 13.8. The van der Waals surface area contributed by atoms with Crippen LogP contribution in [0.25, 0.3) is 0 Å². The summed E-state index contributed by atoms with van der Waals surface area (Å²) in [6.07, 6.45) is 1.69. The molecule has 0 saturated carbocycles. The monoisotopic (exact) mass is 366 g/mol. The first-order chi connectivity index (χ1) is 9.99. The summed E-state index contributed by atoms with van der Waals surface area (Å²) in [6, 6.07) is 6.96. The van der Waals surface area contributed by atoms with E-state index in [9.17, 15) is 4.79 Å². The van der Waals surface area contributed by atoms with Crippen molar-refractivity contribution in [2.24, 2.45) is 5.73 Å². The van der Waals surface area contributed by atoms with Gasteiger partial charge in [0.2, 0.25) is 0 Å². The van der Waals surface area contributed by atoms with Crippen molar-refractivity contribution >= 4 is 33.5 Å². The molecule has 0 saturated heterocycles. The molecule has 0 atom stereocenters. The highest BCUT2D eigenvalue weighted by Crippen LogP contribution is 2.30. The highest BCUT2D eigenvalue weighted by atomic mass is 79.9. The third-order valence-corrected chi connectivity index (χ3v) is 4.16. The van der Waals surface area contributed by atoms with E-state index in [0.717, 1.165) is 27.9 Å². The number of halogens is 1. The molecule has 0 aliphatic rings. The van der Waals surface area contributed by atoms with Gasteiger partial charge in [0.25, 0.3) is 5.56 Å². The predicted octanol–water partition coefficient (Wildman–Crippen LogP) is 2.92. The molecule has 110 valence electrons. The molecule has 1 aromatic carbocycles. The van der Waals surface area contributed by atoms with Gasteiger partial charge >= 0.3 is 0 Å². The molecule has 0 spiro atoms. The molecule has 4 N–H and O–H groups in total. The fraction of sp³-hybridized carbons (Fsp3) is 0.214. The molecule has 0 bridgehead atoms. The summed E-state index contributed by atoms with van der Waals surface area (Å²) in [6.45, 7) is 2.04. The lowest BCUT2D eigenvalue weighted by Gasteiger charge is -2.08. The van der Waals surface area contributed by atoms with Crippen LogP contribution >= 0.6 is 27.7 Å². The number of rotatable bonds is 5. The third kappa shape index (κ3) is 4.18. The Bertz CT molecular complexity index is 729. The van der Waals surface area contributed by atoms with Gasteiger partial charge in [0, 0.05) is 26.7 Å². The van der Waals surface area contributed by atoms with E-state index in [0.29, 0.717) is 10.7 Å². The van der Waals surface area contributed by atoms with Gasteiger partial charge < -0.3 is 10.7 Å². The molecule has 2 rings (SSSR count). The van der Waals surface area contributed by atoms with Crippen LogP contribution in [0.1, 0.15) is 24.6 Å². The van der Waals surface area contributed by atoms with Gasteiger partial charge in [0.05, 0.1) is 0 Å². The van der Waals surface area contributed by atoms with Gasteiger partial charge in [0.1, 0.15) is 5.84 Å². The lowest BCUT2D eigenvalue weighted by atomic mass is 10.2. The third-order valence-electron chi connectivity index (χ3n) is 2.72. The smallest absolute Gasteiger partial charge is 0.251 e. The summed E-state index contributed by atoms with van der Waals surface area (Å²) in [5, 5.41) is 8.13. The average molecular weight is 367 g/mol. The van der Waals surface area contributed by atoms with Gasteiger partial charge in [-0.15, -0.1) is 0 Å². The SMILES string of the molecule is CCCc1cc(=O)[nH]c(Sc2cc(Br)ccc2C(=N)N)n1. The van der Waals surface area contributed by atoms with Gasteiger partial charge in [-0.3, -0.25) is 10.2 Å². The molecule has 0 fully saturated rings. The van der Waals surface area contributed by atoms with Gasteiger partial charge in [0.15, 0.2) is 5.16 Å². The van der Waals surface area contributed by atoms with E-state index in [2.05, 4.69) is 25.9 Å². The first-order valence-corrected chi connectivity index (χ1v) is 8.02. The van der Waals surface area contributed by atoms with Crippen molar-refractivity contribution in [2.75, 3.05) is 0 Å². The van der Waals surface area contributed by atoms with Crippen molar-refractivity contribution in [1.82, 2.24) is 9.97 Å². The minimum Gasteiger partial charge on any atom is -0.384 e. The Morgan fingerprint density at radius 1 is 1.48 bits per heavy atom. The fourth-order valence-corrected chi connectivity index (χ4v) is 3.33. The zero-order chi connectivity index (χ0) is 15.4. The molecular weight excluding hydrogens is 352 g/mol. The summed E-state index contributed by atoms with van der Waals surface area (Å²) in [7, 11) is 0. The van der Waals surface area contributed by atoms with Crippen LogP contribution in [0.3, 0.4) is 0 Å². The van der Waals surface area contributed by atoms with Crippen molar-refractivity contribution < 1.29 is 0 Å². The Balaban J connectivity index is 2.40. The quantitative estimate of drug-likeness (QED) is 0.430. The van der Waals surface area contributed by atoms with Crippen LogP contribution < -0.4 is 11.3 Å². The standard InChI is InChI=1S/C14H15BrN4OS/c1-2-3-9-7-12(20)19-14(18-9)21-11-6-8(15)4-5-10(11)13(16)17/h4-7H,2-3H2,1H3,(H3,16,17)(H,18,19,20). The van der Waals surface area contributed by atoms with Crippen LogP contribution in [0.4, 0.5) is 0 Å². The average Bonchev–Trinajstić information content (AvgIpc) is 2.38. The van der Waals surface area contributed by atoms with Crippen LogP contribution in [0.2, 0.25) is 0 Å². The van der Waals surface area contributed by atoms with Crippen molar-refractivity contribution in [2.45, 2.75) is 29.8 Å². The number of nitrogens with one attached hydrogen (secondary N) is 2. The van der Waals surface area contributed by atoms with Crippen LogP contribution in [0.5, 0.6) is 0 Å². The summed E-state index contributed by atoms with van der Waals surface area (Å²) >= 11 is 4.69. The topological polar surface area (TPSA) is 95.6 Å². The van der Waals surface area contributed by atoms with Crippen LogP contribution in [0, 0.1) is 5.41 Å². The molecule has 21 heavy (non-hydrogen) atoms. The van der Waals surface area contributed by atoms with Crippen molar-refractivity contribution in [3.05, 3.63) is 50.3 Å². The second-order valence-electron chi connectivity index (χ2n) is 4.45. The van der Waals surface area contributed by atoms with E-state index in [-0.39, 0.29) is 11.4 Å². The lowest BCUT2D eigenvalue weighted by molar-refractivity contribution is 0.816. The highest BCUT2D eigenvalue weighted by Gasteiger charge is 2.10. The first kappa shape index (κ1) is 15.8. The Labute approximate surface area is 135 Å². The van der Waals surface area contributed by atoms with Crippen molar-refractivity contribution in [3.8, 4) is 0 Å². The number of aromatic nitrogens is 2. The maximum Gasteiger partial charge on any atom is 0.251 e. The van der Waals surface area contributed by atoms with Gasteiger partial charge in [-0.2, -0.15) is 0 Å². The van der Waals surface area contributed by atoms with Crippen LogP contribution in [-0.2, 0) is 6.42 Å². The molecule has 0 aliphatic carbocycles. The number of hydrogen-bond acceptors (Lipinski definition) is 4. The maximum atomic E-state index is 11.7. The summed E-state index contributed by atoms with van der Waals surface area (Å²) in [5.41, 5.74) is 6.80. The minimum absolute atomic E-state index is 0.0166. The maximum absolute atomic E-state index is 11.7. The van der Waals surface area contributed by atoms with E-state index < -0.39 is 0 Å². The number of nitrogens with zero attached hydrogens (tertiary/aromatic N) is 1. The van der Waals surface area contributed by atoms with E-state index in [1.165, 1.54) is 17.8 Å². The predicted molar refractivity (Wildman–Crippen MR) is 88.1 cm³/mol. The molecular formula is C14H15BrN4OS. The van der Waals surface area contributed by atoms with Gasteiger partial charge in [-0.25, -0.2) is 4.98 Å². The fourth-order valence-electron chi connectivity index (χ4n) is 1.82. The van der Waals surface area contributed by atoms with Gasteiger partial charge in [-0.05, 0) is 24.6 Å². The van der Waals surface area contributed by atoms with E-state index >= 15 is 0 Å². The van der Waals surface area contributed by atoms with Crippen LogP contribution in [0.15, 0.2) is 43.6 Å². The number of nitrogen functional groups attached to an aromatic ring is 1. The van der Waals surface area contributed by atoms with E-state index in [1.807, 2.05) is 19.1 Å². The van der Waals surface area contributed by atoms with Crippen molar-refractivity contribution in [1.29, 1.82) is 5.41 Å². The summed E-state index contributed by atoms with van der Waals surface area (Å²) < 4.78 is 0.877. The number of aromatic amines is 1. The molecule has 5 nitrogen and oxygen atoms in total. The number of nitrogens with two attached hydrogens (primary N) is 1. The molecule has 2 aromatic rings. The Kier molecular flexibility index (Phi) is 5.19. The second-order valence-corrected chi connectivity index (χ2v) is 6.39. The Morgan fingerprint density at radius 2 is 2.24 bits per heavy atom. The number of H-pyrrole nitrogens is 1. The Morgan fingerprint density at radius 3 is 2.90 bits per heavy atom. The summed E-state index contributed by atoms with van der Waals surface area (Å²) in [5.74, 6) is -0.0166. The van der Waals surface area contributed by atoms with E-state index in [1.54, 1.807) is 6.07 Å². The van der Waals surface area contributed by atoms with Crippen molar-refractivity contribution in [3.63, 3.8) is 0 Å². The normalized spacial score (nSPS) is 10.6. The zero-order valence-electron chi connectivity index (χ0n) is 11.4. The number of aryl methyl sites for hydroxylation is 1. The van der Waals surface area contributed by atoms with Gasteiger partial charge in [-0.1, -0.05) is 41.0 Å². The van der Waals surface area contributed by atoms with Crippen LogP contribution in [-0.4, -0.2) is 15.8 Å². The molecule has 7 heteroatoms. The van der Waals surface area contributed by atoms with E-state index in [4.69, 9.17) is 11.1 Å². The molecule has 0 amide bonds.